The molecule has 0 unspecified atom stereocenters. The van der Waals surface area contributed by atoms with E-state index < -0.39 is 17.4 Å². The minimum absolute atomic E-state index is 0.302. The molecule has 0 fully saturated rings. The van der Waals surface area contributed by atoms with Gasteiger partial charge >= 0.3 is 5.69 Å². The number of hydrogen-bond acceptors (Lipinski definition) is 5. The van der Waals surface area contributed by atoms with Gasteiger partial charge in [0.25, 0.3) is 0 Å². The van der Waals surface area contributed by atoms with Gasteiger partial charge in [0.1, 0.15) is 17.4 Å². The van der Waals surface area contributed by atoms with Crippen LogP contribution in [0.15, 0.2) is 63.5 Å². The van der Waals surface area contributed by atoms with Crippen LogP contribution in [0.3, 0.4) is 0 Å². The number of carbonyl (C=O) groups is 1. The van der Waals surface area contributed by atoms with E-state index in [4.69, 9.17) is 0 Å². The maximum absolute atomic E-state index is 13.7. The number of hydrogen-bond donors (Lipinski definition) is 1. The highest BCUT2D eigenvalue weighted by molar-refractivity contribution is 7.99. The Bertz CT molecular complexity index is 1360. The van der Waals surface area contributed by atoms with Crippen LogP contribution >= 0.6 is 11.8 Å². The number of carbonyl (C=O) groups excluding carboxylic acids is 1. The summed E-state index contributed by atoms with van der Waals surface area (Å²) in [5, 5.41) is 7.47. The van der Waals surface area contributed by atoms with Crippen LogP contribution in [-0.2, 0) is 11.3 Å². The summed E-state index contributed by atoms with van der Waals surface area (Å²) in [4.78, 5) is 30.5. The fourth-order valence-corrected chi connectivity index (χ4v) is 4.03. The first-order valence-corrected chi connectivity index (χ1v) is 10.4. The van der Waals surface area contributed by atoms with Gasteiger partial charge < -0.3 is 5.32 Å². The van der Waals surface area contributed by atoms with E-state index in [9.17, 15) is 14.0 Å². The number of rotatable bonds is 5. The summed E-state index contributed by atoms with van der Waals surface area (Å²) in [5.41, 5.74) is 2.97. The van der Waals surface area contributed by atoms with Gasteiger partial charge in [0.15, 0.2) is 5.65 Å². The zero-order chi connectivity index (χ0) is 22.1. The largest absolute Gasteiger partial charge is 0.350 e. The molecule has 0 bridgehead atoms. The van der Waals surface area contributed by atoms with Crippen molar-refractivity contribution in [3.8, 4) is 0 Å². The molecule has 0 saturated carbocycles. The van der Waals surface area contributed by atoms with Gasteiger partial charge in [-0.2, -0.15) is 0 Å². The maximum Gasteiger partial charge on any atom is 0.350 e. The van der Waals surface area contributed by atoms with Gasteiger partial charge in [0.05, 0.1) is 0 Å². The van der Waals surface area contributed by atoms with Crippen LogP contribution in [0.25, 0.3) is 5.65 Å². The van der Waals surface area contributed by atoms with E-state index in [1.807, 2.05) is 26.0 Å². The smallest absolute Gasteiger partial charge is 0.324 e. The van der Waals surface area contributed by atoms with Gasteiger partial charge in [-0.25, -0.2) is 23.3 Å². The van der Waals surface area contributed by atoms with Gasteiger partial charge in [-0.05, 0) is 50.1 Å². The summed E-state index contributed by atoms with van der Waals surface area (Å²) >= 11 is 1.41. The molecule has 7 nitrogen and oxygen atoms in total. The third-order valence-corrected chi connectivity index (χ3v) is 5.91. The van der Waals surface area contributed by atoms with E-state index in [1.165, 1.54) is 34.6 Å². The molecular weight excluding hydrogens is 417 g/mol. The molecule has 2 heterocycles. The Morgan fingerprint density at radius 2 is 1.94 bits per heavy atom. The Morgan fingerprint density at radius 3 is 2.68 bits per heavy atom. The lowest BCUT2D eigenvalue weighted by atomic mass is 10.2. The molecule has 0 atom stereocenters. The Morgan fingerprint density at radius 1 is 1.13 bits per heavy atom. The van der Waals surface area contributed by atoms with Crippen molar-refractivity contribution >= 4 is 29.0 Å². The standard InChI is InChI=1S/C22H20FN5O2S/c1-13-4-7-18(15(3)10-13)31-21-20-26-28(22(30)27(20)9-8-24-21)12-19(29)25-16-6-5-14(2)17(23)11-16/h4-11H,12H2,1-3H3,(H,25,29). The Labute approximate surface area is 181 Å². The molecule has 31 heavy (non-hydrogen) atoms. The van der Waals surface area contributed by atoms with Gasteiger partial charge in [-0.1, -0.05) is 35.5 Å². The van der Waals surface area contributed by atoms with E-state index in [0.717, 1.165) is 20.7 Å². The first-order chi connectivity index (χ1) is 14.8. The lowest BCUT2D eigenvalue weighted by Gasteiger charge is -2.06. The molecule has 1 N–H and O–H groups in total. The highest BCUT2D eigenvalue weighted by Crippen LogP contribution is 2.31. The van der Waals surface area contributed by atoms with Crippen molar-refractivity contribution in [2.24, 2.45) is 0 Å². The third-order valence-electron chi connectivity index (χ3n) is 4.76. The molecule has 0 aliphatic heterocycles. The van der Waals surface area contributed by atoms with Crippen molar-refractivity contribution in [3.63, 3.8) is 0 Å². The molecule has 1 amide bonds. The highest BCUT2D eigenvalue weighted by Gasteiger charge is 2.16. The van der Waals surface area contributed by atoms with E-state index in [0.29, 0.717) is 21.9 Å². The second kappa shape index (κ2) is 8.35. The molecule has 4 rings (SSSR count). The fourth-order valence-electron chi connectivity index (χ4n) is 3.13. The van der Waals surface area contributed by atoms with Gasteiger partial charge in [0, 0.05) is 23.0 Å². The van der Waals surface area contributed by atoms with Gasteiger partial charge in [0.2, 0.25) is 5.91 Å². The maximum atomic E-state index is 13.7. The average Bonchev–Trinajstić information content (AvgIpc) is 3.03. The molecule has 0 spiro atoms. The fraction of sp³-hybridized carbons (Fsp3) is 0.182. The monoisotopic (exact) mass is 437 g/mol. The number of fused-ring (bicyclic) bond motifs is 1. The van der Waals surface area contributed by atoms with E-state index in [1.54, 1.807) is 19.1 Å². The van der Waals surface area contributed by atoms with E-state index >= 15 is 0 Å². The van der Waals surface area contributed by atoms with Gasteiger partial charge in [-0.15, -0.1) is 5.10 Å². The van der Waals surface area contributed by atoms with Crippen LogP contribution in [0, 0.1) is 26.6 Å². The number of nitrogens with one attached hydrogen (secondary N) is 1. The molecule has 4 aromatic rings. The molecule has 0 saturated heterocycles. The van der Waals surface area contributed by atoms with Crippen molar-refractivity contribution in [2.75, 3.05) is 5.32 Å². The summed E-state index contributed by atoms with van der Waals surface area (Å²) < 4.78 is 16.1. The number of nitrogens with zero attached hydrogens (tertiary/aromatic N) is 4. The van der Waals surface area contributed by atoms with Crippen molar-refractivity contribution in [1.82, 2.24) is 19.2 Å². The summed E-state index contributed by atoms with van der Waals surface area (Å²) in [6, 6.07) is 10.5. The zero-order valence-corrected chi connectivity index (χ0v) is 18.0. The Balaban J connectivity index is 1.60. The first kappa shape index (κ1) is 20.8. The second-order valence-electron chi connectivity index (χ2n) is 7.25. The van der Waals surface area contributed by atoms with Crippen LogP contribution in [-0.4, -0.2) is 25.1 Å². The molecular formula is C22H20FN5O2S. The lowest BCUT2D eigenvalue weighted by molar-refractivity contribution is -0.117. The predicted octanol–water partition coefficient (Wildman–Crippen LogP) is 3.75. The van der Waals surface area contributed by atoms with E-state index in [-0.39, 0.29) is 6.54 Å². The molecule has 0 radical (unpaired) electrons. The zero-order valence-electron chi connectivity index (χ0n) is 17.2. The van der Waals surface area contributed by atoms with Crippen LogP contribution in [0.4, 0.5) is 10.1 Å². The van der Waals surface area contributed by atoms with Crippen molar-refractivity contribution in [1.29, 1.82) is 0 Å². The van der Waals surface area contributed by atoms with Crippen LogP contribution in [0.2, 0.25) is 0 Å². The minimum Gasteiger partial charge on any atom is -0.324 e. The SMILES string of the molecule is Cc1ccc(Sc2nccn3c(=O)n(CC(=O)Nc4ccc(C)c(F)c4)nc23)c(C)c1. The number of aromatic nitrogens is 4. The predicted molar refractivity (Wildman–Crippen MR) is 117 cm³/mol. The highest BCUT2D eigenvalue weighted by atomic mass is 32.2. The average molecular weight is 438 g/mol. The van der Waals surface area contributed by atoms with Crippen molar-refractivity contribution < 1.29 is 9.18 Å². The Kier molecular flexibility index (Phi) is 5.60. The van der Waals surface area contributed by atoms with Crippen LogP contribution in [0.5, 0.6) is 0 Å². The van der Waals surface area contributed by atoms with Crippen LogP contribution < -0.4 is 11.0 Å². The molecule has 0 aliphatic carbocycles. The molecule has 2 aromatic heterocycles. The number of anilines is 1. The van der Waals surface area contributed by atoms with Crippen molar-refractivity contribution in [2.45, 2.75) is 37.2 Å². The number of amides is 1. The first-order valence-electron chi connectivity index (χ1n) is 9.57. The second-order valence-corrected chi connectivity index (χ2v) is 8.28. The summed E-state index contributed by atoms with van der Waals surface area (Å²) in [5.74, 6) is -0.896. The molecule has 0 aliphatic rings. The quantitative estimate of drug-likeness (QED) is 0.514. The third kappa shape index (κ3) is 4.36. The van der Waals surface area contributed by atoms with Crippen molar-refractivity contribution in [3.05, 3.63) is 81.8 Å². The van der Waals surface area contributed by atoms with Crippen LogP contribution in [0.1, 0.15) is 16.7 Å². The molecule has 158 valence electrons. The van der Waals surface area contributed by atoms with Gasteiger partial charge in [-0.3, -0.25) is 4.79 Å². The lowest BCUT2D eigenvalue weighted by Crippen LogP contribution is -2.28. The minimum atomic E-state index is -0.481. The number of aryl methyl sites for hydroxylation is 3. The summed E-state index contributed by atoms with van der Waals surface area (Å²) in [6.07, 6.45) is 3.04. The normalized spacial score (nSPS) is 11.1. The number of benzene rings is 2. The topological polar surface area (TPSA) is 81.3 Å². The summed E-state index contributed by atoms with van der Waals surface area (Å²) in [7, 11) is 0. The number of halogens is 1. The molecule has 2 aromatic carbocycles. The van der Waals surface area contributed by atoms with E-state index in [2.05, 4.69) is 21.5 Å². The molecule has 9 heteroatoms. The Hall–Kier alpha value is -3.46. The summed E-state index contributed by atoms with van der Waals surface area (Å²) in [6.45, 7) is 5.37.